The number of carboxylic acid groups (broad SMARTS) is 1. The zero-order chi connectivity index (χ0) is 14.8. The van der Waals surface area contributed by atoms with E-state index in [9.17, 15) is 18.3 Å². The third-order valence-electron chi connectivity index (χ3n) is 3.21. The lowest BCUT2D eigenvalue weighted by Gasteiger charge is -2.31. The van der Waals surface area contributed by atoms with Gasteiger partial charge in [-0.3, -0.25) is 0 Å². The average molecular weight is 304 g/mol. The van der Waals surface area contributed by atoms with E-state index in [0.717, 1.165) is 12.3 Å². The molecule has 0 bridgehead atoms. The monoisotopic (exact) mass is 304 g/mol. The van der Waals surface area contributed by atoms with Crippen LogP contribution >= 0.6 is 0 Å². The van der Waals surface area contributed by atoms with Crippen molar-refractivity contribution in [2.75, 3.05) is 19.8 Å². The van der Waals surface area contributed by atoms with Crippen molar-refractivity contribution in [2.45, 2.75) is 23.3 Å². The van der Waals surface area contributed by atoms with E-state index >= 15 is 0 Å². The van der Waals surface area contributed by atoms with E-state index in [1.165, 1.54) is 0 Å². The molecule has 4 N–H and O–H groups in total. The lowest BCUT2D eigenvalue weighted by Crippen LogP contribution is -2.46. The van der Waals surface area contributed by atoms with Crippen molar-refractivity contribution < 1.29 is 28.2 Å². The summed E-state index contributed by atoms with van der Waals surface area (Å²) in [5.74, 6) is -1.24. The quantitative estimate of drug-likeness (QED) is 0.582. The summed E-state index contributed by atoms with van der Waals surface area (Å²) in [5, 5.41) is 18.9. The van der Waals surface area contributed by atoms with Gasteiger partial charge in [0.15, 0.2) is 0 Å². The smallest absolute Gasteiger partial charge is 0.352 e. The molecule has 0 saturated carbocycles. The van der Waals surface area contributed by atoms with Gasteiger partial charge in [0.1, 0.15) is 10.6 Å². The lowest BCUT2D eigenvalue weighted by atomic mass is 9.95. The average Bonchev–Trinajstić information content (AvgIpc) is 2.88. The summed E-state index contributed by atoms with van der Waals surface area (Å²) < 4.78 is 31.4. The predicted molar refractivity (Wildman–Crippen MR) is 67.9 cm³/mol. The first-order valence-electron chi connectivity index (χ1n) is 6.04. The molecule has 112 valence electrons. The third kappa shape index (κ3) is 3.37. The van der Waals surface area contributed by atoms with Crippen LogP contribution in [-0.4, -0.2) is 54.9 Å². The molecule has 0 radical (unpaired) electrons. The van der Waals surface area contributed by atoms with Crippen LogP contribution < -0.4 is 4.72 Å². The molecule has 0 spiro atoms. The number of aromatic carboxylic acids is 1. The second-order valence-electron chi connectivity index (χ2n) is 4.72. The van der Waals surface area contributed by atoms with Crippen molar-refractivity contribution in [2.24, 2.45) is 0 Å². The van der Waals surface area contributed by atoms with Gasteiger partial charge in [-0.2, -0.15) is 0 Å². The van der Waals surface area contributed by atoms with Gasteiger partial charge in [0, 0.05) is 38.8 Å². The third-order valence-corrected chi connectivity index (χ3v) is 4.59. The predicted octanol–water partition coefficient (Wildman–Crippen LogP) is -0.467. The Morgan fingerprint density at radius 2 is 2.10 bits per heavy atom. The Kier molecular flexibility index (Phi) is 4.14. The van der Waals surface area contributed by atoms with Crippen LogP contribution in [0, 0.1) is 0 Å². The molecule has 9 heteroatoms. The molecule has 1 saturated heterocycles. The summed E-state index contributed by atoms with van der Waals surface area (Å²) in [4.78, 5) is 12.9. The van der Waals surface area contributed by atoms with Crippen LogP contribution in [0.1, 0.15) is 23.3 Å². The molecule has 0 aliphatic carbocycles. The SMILES string of the molecule is O=C(O)c1cc(S(=O)(=O)NCC2(O)CCOCC2)c[nH]1. The largest absolute Gasteiger partial charge is 0.477 e. The van der Waals surface area contributed by atoms with Gasteiger partial charge in [-0.25, -0.2) is 17.9 Å². The molecule has 1 aromatic rings. The number of aliphatic hydroxyl groups is 1. The Morgan fingerprint density at radius 1 is 1.45 bits per heavy atom. The lowest BCUT2D eigenvalue weighted by molar-refractivity contribution is -0.0588. The van der Waals surface area contributed by atoms with Crippen LogP contribution in [0.3, 0.4) is 0 Å². The van der Waals surface area contributed by atoms with Crippen molar-refractivity contribution in [1.82, 2.24) is 9.71 Å². The Balaban J connectivity index is 2.05. The maximum atomic E-state index is 12.0. The molecule has 1 aliphatic rings. The first-order valence-corrected chi connectivity index (χ1v) is 7.52. The molecule has 1 fully saturated rings. The fraction of sp³-hybridized carbons (Fsp3) is 0.545. The minimum Gasteiger partial charge on any atom is -0.477 e. The van der Waals surface area contributed by atoms with E-state index in [0.29, 0.717) is 26.1 Å². The Bertz CT molecular complexity index is 588. The number of carboxylic acids is 1. The topological polar surface area (TPSA) is 129 Å². The van der Waals surface area contributed by atoms with Gasteiger partial charge in [0.2, 0.25) is 10.0 Å². The van der Waals surface area contributed by atoms with E-state index in [-0.39, 0.29) is 17.1 Å². The number of sulfonamides is 1. The zero-order valence-corrected chi connectivity index (χ0v) is 11.4. The van der Waals surface area contributed by atoms with Crippen LogP contribution in [-0.2, 0) is 14.8 Å². The number of nitrogens with one attached hydrogen (secondary N) is 2. The zero-order valence-electron chi connectivity index (χ0n) is 10.6. The van der Waals surface area contributed by atoms with E-state index in [2.05, 4.69) is 9.71 Å². The summed E-state index contributed by atoms with van der Waals surface area (Å²) in [6.45, 7) is 0.628. The summed E-state index contributed by atoms with van der Waals surface area (Å²) in [5.41, 5.74) is -1.34. The Labute approximate surface area is 115 Å². The van der Waals surface area contributed by atoms with Crippen molar-refractivity contribution >= 4 is 16.0 Å². The minimum atomic E-state index is -3.86. The molecule has 0 unspecified atom stereocenters. The second-order valence-corrected chi connectivity index (χ2v) is 6.48. The van der Waals surface area contributed by atoms with Gasteiger partial charge in [0.05, 0.1) is 5.60 Å². The van der Waals surface area contributed by atoms with Crippen molar-refractivity contribution in [3.05, 3.63) is 18.0 Å². The molecule has 1 aliphatic heterocycles. The number of aromatic amines is 1. The van der Waals surface area contributed by atoms with Gasteiger partial charge < -0.3 is 19.9 Å². The highest BCUT2D eigenvalue weighted by Crippen LogP contribution is 2.20. The molecule has 20 heavy (non-hydrogen) atoms. The number of H-pyrrole nitrogens is 1. The van der Waals surface area contributed by atoms with Crippen molar-refractivity contribution in [1.29, 1.82) is 0 Å². The van der Waals surface area contributed by atoms with Crippen LogP contribution in [0.25, 0.3) is 0 Å². The van der Waals surface area contributed by atoms with Crippen LogP contribution in [0.15, 0.2) is 17.2 Å². The summed E-state index contributed by atoms with van der Waals surface area (Å²) >= 11 is 0. The highest BCUT2D eigenvalue weighted by molar-refractivity contribution is 7.89. The molecule has 0 atom stereocenters. The summed E-state index contributed by atoms with van der Waals surface area (Å²) in [6, 6.07) is 1.03. The molecule has 1 aromatic heterocycles. The Hall–Kier alpha value is -1.42. The number of ether oxygens (including phenoxy) is 1. The number of carbonyl (C=O) groups is 1. The van der Waals surface area contributed by atoms with E-state index < -0.39 is 21.6 Å². The molecular weight excluding hydrogens is 288 g/mol. The van der Waals surface area contributed by atoms with Gasteiger partial charge in [-0.05, 0) is 6.07 Å². The van der Waals surface area contributed by atoms with Crippen LogP contribution in [0.2, 0.25) is 0 Å². The van der Waals surface area contributed by atoms with Gasteiger partial charge in [-0.1, -0.05) is 0 Å². The van der Waals surface area contributed by atoms with Crippen LogP contribution in [0.4, 0.5) is 0 Å². The van der Waals surface area contributed by atoms with Crippen molar-refractivity contribution in [3.8, 4) is 0 Å². The first kappa shape index (κ1) is 15.0. The van der Waals surface area contributed by atoms with E-state index in [1.54, 1.807) is 0 Å². The molecule has 2 rings (SSSR count). The van der Waals surface area contributed by atoms with E-state index in [1.807, 2.05) is 0 Å². The molecule has 0 aromatic carbocycles. The fourth-order valence-corrected chi connectivity index (χ4v) is 3.01. The number of hydrogen-bond donors (Lipinski definition) is 4. The number of rotatable bonds is 5. The first-order chi connectivity index (χ1) is 9.32. The summed E-state index contributed by atoms with van der Waals surface area (Å²) in [6.07, 6.45) is 1.80. The van der Waals surface area contributed by atoms with Crippen LogP contribution in [0.5, 0.6) is 0 Å². The number of aromatic nitrogens is 1. The molecule has 8 nitrogen and oxygen atoms in total. The number of hydrogen-bond acceptors (Lipinski definition) is 5. The summed E-state index contributed by atoms with van der Waals surface area (Å²) in [7, 11) is -3.86. The fourth-order valence-electron chi connectivity index (χ4n) is 1.89. The van der Waals surface area contributed by atoms with Gasteiger partial charge >= 0.3 is 5.97 Å². The standard InChI is InChI=1S/C11H16N2O6S/c14-10(15)9-5-8(6-12-9)20(17,18)13-7-11(16)1-3-19-4-2-11/h5-6,12-13,16H,1-4,7H2,(H,14,15). The molecular formula is C11H16N2O6S. The van der Waals surface area contributed by atoms with E-state index in [4.69, 9.17) is 9.84 Å². The highest BCUT2D eigenvalue weighted by atomic mass is 32.2. The van der Waals surface area contributed by atoms with Crippen molar-refractivity contribution in [3.63, 3.8) is 0 Å². The van der Waals surface area contributed by atoms with Gasteiger partial charge in [0.25, 0.3) is 0 Å². The molecule has 0 amide bonds. The second kappa shape index (κ2) is 5.52. The minimum absolute atomic E-state index is 0.133. The maximum Gasteiger partial charge on any atom is 0.352 e. The van der Waals surface area contributed by atoms with Gasteiger partial charge in [-0.15, -0.1) is 0 Å². The Morgan fingerprint density at radius 3 is 2.65 bits per heavy atom. The highest BCUT2D eigenvalue weighted by Gasteiger charge is 2.31. The maximum absolute atomic E-state index is 12.0. The normalized spacial score (nSPS) is 18.9. The molecule has 2 heterocycles.